The first-order valence-electron chi connectivity index (χ1n) is 6.68. The third kappa shape index (κ3) is 3.47. The van der Waals surface area contributed by atoms with Crippen LogP contribution >= 0.6 is 0 Å². The molecule has 3 unspecified atom stereocenters. The van der Waals surface area contributed by atoms with E-state index in [1.165, 1.54) is 22.9 Å². The summed E-state index contributed by atoms with van der Waals surface area (Å²) in [6, 6.07) is 10.7. The summed E-state index contributed by atoms with van der Waals surface area (Å²) < 4.78 is 1.45. The van der Waals surface area contributed by atoms with Gasteiger partial charge in [0, 0.05) is 0 Å². The van der Waals surface area contributed by atoms with Crippen molar-refractivity contribution in [2.24, 2.45) is 11.8 Å². The van der Waals surface area contributed by atoms with Crippen molar-refractivity contribution in [3.63, 3.8) is 0 Å². The normalized spacial score (nSPS) is 28.0. The molecule has 0 aromatic heterocycles. The van der Waals surface area contributed by atoms with Gasteiger partial charge in [0.1, 0.15) is 0 Å². The third-order valence-corrected chi connectivity index (χ3v) is 6.88. The van der Waals surface area contributed by atoms with Gasteiger partial charge < -0.3 is 0 Å². The molecule has 0 saturated heterocycles. The predicted molar refractivity (Wildman–Crippen MR) is 78.3 cm³/mol. The van der Waals surface area contributed by atoms with Crippen LogP contribution in [0.3, 0.4) is 0 Å². The van der Waals surface area contributed by atoms with Crippen molar-refractivity contribution in [2.45, 2.75) is 31.0 Å². The zero-order valence-corrected chi connectivity index (χ0v) is 12.7. The molecular formula is C16H22OSe. The van der Waals surface area contributed by atoms with Gasteiger partial charge in [-0.1, -0.05) is 0 Å². The summed E-state index contributed by atoms with van der Waals surface area (Å²) in [5.41, 5.74) is 1.32. The summed E-state index contributed by atoms with van der Waals surface area (Å²) in [6.45, 7) is 6.61. The first-order chi connectivity index (χ1) is 8.70. The van der Waals surface area contributed by atoms with Crippen molar-refractivity contribution in [3.8, 4) is 0 Å². The second-order valence-electron chi connectivity index (χ2n) is 5.27. The van der Waals surface area contributed by atoms with Crippen LogP contribution in [0.1, 0.15) is 26.2 Å². The van der Waals surface area contributed by atoms with Crippen molar-refractivity contribution in [1.29, 1.82) is 0 Å². The third-order valence-electron chi connectivity index (χ3n) is 3.89. The van der Waals surface area contributed by atoms with Crippen LogP contribution in [-0.2, 0) is 0 Å². The Morgan fingerprint density at radius 3 is 2.67 bits per heavy atom. The Balaban J connectivity index is 2.04. The van der Waals surface area contributed by atoms with E-state index in [2.05, 4.69) is 43.8 Å². The number of aliphatic hydroxyl groups excluding tert-OH is 1. The standard InChI is InChI=1S/C16H22OSe/c1-12(2)13-8-9-14(11-17)16(10-13)18-15-6-4-3-5-7-15/h3-7,13-14,16-17H,1,8-11H2,2H3. The van der Waals surface area contributed by atoms with Gasteiger partial charge in [0.2, 0.25) is 0 Å². The Hall–Kier alpha value is -0.561. The molecule has 1 nitrogen and oxygen atoms in total. The number of aliphatic hydroxyl groups is 1. The fraction of sp³-hybridized carbons (Fsp3) is 0.500. The van der Waals surface area contributed by atoms with Crippen molar-refractivity contribution in [1.82, 2.24) is 0 Å². The number of benzene rings is 1. The molecule has 0 spiro atoms. The molecule has 1 aliphatic rings. The minimum absolute atomic E-state index is 0.349. The van der Waals surface area contributed by atoms with Gasteiger partial charge >= 0.3 is 116 Å². The van der Waals surface area contributed by atoms with E-state index in [0.717, 1.165) is 6.42 Å². The maximum atomic E-state index is 9.55. The molecule has 1 aromatic rings. The number of rotatable bonds is 4. The van der Waals surface area contributed by atoms with Gasteiger partial charge in [-0.2, -0.15) is 0 Å². The summed E-state index contributed by atoms with van der Waals surface area (Å²) in [5.74, 6) is 1.17. The average molecular weight is 309 g/mol. The molecule has 0 aliphatic heterocycles. The van der Waals surface area contributed by atoms with E-state index < -0.39 is 0 Å². The molecule has 2 heteroatoms. The average Bonchev–Trinajstić information content (AvgIpc) is 2.39. The van der Waals surface area contributed by atoms with Crippen LogP contribution in [0, 0.1) is 11.8 Å². The summed E-state index contributed by atoms with van der Waals surface area (Å²) in [5, 5.41) is 9.55. The van der Waals surface area contributed by atoms with Gasteiger partial charge in [0.05, 0.1) is 0 Å². The molecule has 98 valence electrons. The van der Waals surface area contributed by atoms with Gasteiger partial charge in [-0.15, -0.1) is 0 Å². The molecule has 1 fully saturated rings. The quantitative estimate of drug-likeness (QED) is 0.670. The monoisotopic (exact) mass is 310 g/mol. The molecule has 1 aliphatic carbocycles. The van der Waals surface area contributed by atoms with Crippen LogP contribution in [0.25, 0.3) is 0 Å². The van der Waals surface area contributed by atoms with E-state index in [4.69, 9.17) is 0 Å². The molecule has 2 rings (SSSR count). The van der Waals surface area contributed by atoms with Crippen LogP contribution in [0.4, 0.5) is 0 Å². The second kappa shape index (κ2) is 6.56. The Bertz CT molecular complexity index is 387. The molecule has 0 heterocycles. The van der Waals surface area contributed by atoms with Gasteiger partial charge in [-0.3, -0.25) is 0 Å². The fourth-order valence-electron chi connectivity index (χ4n) is 2.67. The predicted octanol–water partition coefficient (Wildman–Crippen LogP) is 2.79. The van der Waals surface area contributed by atoms with Gasteiger partial charge in [-0.05, 0) is 0 Å². The van der Waals surface area contributed by atoms with E-state index in [1.807, 2.05) is 0 Å². The molecule has 1 N–H and O–H groups in total. The van der Waals surface area contributed by atoms with Crippen LogP contribution < -0.4 is 4.46 Å². The van der Waals surface area contributed by atoms with Crippen LogP contribution in [-0.4, -0.2) is 26.7 Å². The van der Waals surface area contributed by atoms with Crippen LogP contribution in [0.2, 0.25) is 4.82 Å². The maximum absolute atomic E-state index is 9.55. The summed E-state index contributed by atoms with van der Waals surface area (Å²) in [6.07, 6.45) is 3.59. The molecule has 0 amide bonds. The molecule has 3 atom stereocenters. The summed E-state index contributed by atoms with van der Waals surface area (Å²) >= 11 is 0.475. The second-order valence-corrected chi connectivity index (χ2v) is 8.02. The molecule has 0 bridgehead atoms. The van der Waals surface area contributed by atoms with Crippen LogP contribution in [0.15, 0.2) is 42.5 Å². The minimum atomic E-state index is 0.349. The zero-order chi connectivity index (χ0) is 13.0. The van der Waals surface area contributed by atoms with E-state index in [0.29, 0.717) is 38.2 Å². The van der Waals surface area contributed by atoms with Crippen LogP contribution in [0.5, 0.6) is 0 Å². The zero-order valence-electron chi connectivity index (χ0n) is 11.0. The Morgan fingerprint density at radius 1 is 1.33 bits per heavy atom. The number of hydrogen-bond donors (Lipinski definition) is 1. The molecule has 1 aromatic carbocycles. The van der Waals surface area contributed by atoms with E-state index in [1.54, 1.807) is 0 Å². The molecule has 18 heavy (non-hydrogen) atoms. The Labute approximate surface area is 116 Å². The van der Waals surface area contributed by atoms with Gasteiger partial charge in [0.15, 0.2) is 0 Å². The van der Waals surface area contributed by atoms with Gasteiger partial charge in [0.25, 0.3) is 0 Å². The molecule has 0 radical (unpaired) electrons. The SMILES string of the molecule is C=C(C)C1CCC(CO)C([Se]c2ccccc2)C1. The Kier molecular flexibility index (Phi) is 5.05. The number of allylic oxidation sites excluding steroid dienone is 1. The fourth-order valence-corrected chi connectivity index (χ4v) is 5.62. The summed E-state index contributed by atoms with van der Waals surface area (Å²) in [7, 11) is 0. The topological polar surface area (TPSA) is 20.2 Å². The van der Waals surface area contributed by atoms with E-state index >= 15 is 0 Å². The Morgan fingerprint density at radius 2 is 2.06 bits per heavy atom. The first kappa shape index (κ1) is 13.9. The van der Waals surface area contributed by atoms with Gasteiger partial charge in [-0.25, -0.2) is 0 Å². The summed E-state index contributed by atoms with van der Waals surface area (Å²) in [4.78, 5) is 0.667. The molecule has 1 saturated carbocycles. The van der Waals surface area contributed by atoms with E-state index in [-0.39, 0.29) is 0 Å². The van der Waals surface area contributed by atoms with E-state index in [9.17, 15) is 5.11 Å². The number of hydrogen-bond acceptors (Lipinski definition) is 1. The van der Waals surface area contributed by atoms with Crippen molar-refractivity contribution >= 4 is 19.4 Å². The van der Waals surface area contributed by atoms with Crippen molar-refractivity contribution < 1.29 is 5.11 Å². The first-order valence-corrected chi connectivity index (χ1v) is 8.53. The molecular weight excluding hydrogens is 287 g/mol. The van der Waals surface area contributed by atoms with Crippen molar-refractivity contribution in [3.05, 3.63) is 42.5 Å². The van der Waals surface area contributed by atoms with Crippen molar-refractivity contribution in [2.75, 3.05) is 6.61 Å².